The maximum atomic E-state index is 11.6. The molecule has 0 aromatic heterocycles. The first-order chi connectivity index (χ1) is 7.25. The van der Waals surface area contributed by atoms with Gasteiger partial charge in [0, 0.05) is 0 Å². The van der Waals surface area contributed by atoms with E-state index >= 15 is 0 Å². The monoisotopic (exact) mass is 266 g/mol. The van der Waals surface area contributed by atoms with E-state index in [0.717, 1.165) is 0 Å². The van der Waals surface area contributed by atoms with Gasteiger partial charge in [0.2, 0.25) is 5.91 Å². The van der Waals surface area contributed by atoms with E-state index in [1.54, 1.807) is 0 Å². The third kappa shape index (κ3) is 7.99. The SMILES string of the molecule is CC(C)C[C@H](NC(=O)[C@@H](N)C(C)C)C(=O)O.O.O. The first kappa shape index (κ1) is 22.0. The summed E-state index contributed by atoms with van der Waals surface area (Å²) in [6.45, 7) is 7.46. The minimum absolute atomic E-state index is 0. The van der Waals surface area contributed by atoms with E-state index in [2.05, 4.69) is 5.32 Å². The van der Waals surface area contributed by atoms with Gasteiger partial charge in [0.15, 0.2) is 0 Å². The first-order valence-corrected chi connectivity index (χ1v) is 5.54. The van der Waals surface area contributed by atoms with Crippen LogP contribution in [0, 0.1) is 11.8 Å². The molecule has 0 heterocycles. The Kier molecular flexibility index (Phi) is 12.0. The average Bonchev–Trinajstić information content (AvgIpc) is 2.14. The van der Waals surface area contributed by atoms with E-state index in [1.807, 2.05) is 27.7 Å². The van der Waals surface area contributed by atoms with Crippen LogP contribution in [0.1, 0.15) is 34.1 Å². The lowest BCUT2D eigenvalue weighted by Crippen LogP contribution is -2.50. The molecule has 2 atom stereocenters. The van der Waals surface area contributed by atoms with Crippen molar-refractivity contribution in [3.8, 4) is 0 Å². The molecule has 0 spiro atoms. The highest BCUT2D eigenvalue weighted by Gasteiger charge is 2.25. The highest BCUT2D eigenvalue weighted by molar-refractivity contribution is 5.86. The van der Waals surface area contributed by atoms with Gasteiger partial charge in [-0.25, -0.2) is 4.79 Å². The molecule has 0 aromatic rings. The fraction of sp³-hybridized carbons (Fsp3) is 0.818. The molecule has 0 bridgehead atoms. The molecule has 0 fully saturated rings. The summed E-state index contributed by atoms with van der Waals surface area (Å²) in [5, 5.41) is 11.4. The van der Waals surface area contributed by atoms with Crippen molar-refractivity contribution < 1.29 is 25.6 Å². The molecule has 110 valence electrons. The molecule has 0 aliphatic rings. The van der Waals surface area contributed by atoms with Crippen LogP contribution < -0.4 is 11.1 Å². The maximum Gasteiger partial charge on any atom is 0.326 e. The highest BCUT2D eigenvalue weighted by Crippen LogP contribution is 2.06. The van der Waals surface area contributed by atoms with Gasteiger partial charge in [-0.3, -0.25) is 4.79 Å². The van der Waals surface area contributed by atoms with Crippen LogP contribution in [0.15, 0.2) is 0 Å². The normalized spacial score (nSPS) is 13.3. The lowest BCUT2D eigenvalue weighted by Gasteiger charge is -2.20. The Hall–Kier alpha value is -1.18. The lowest BCUT2D eigenvalue weighted by atomic mass is 10.0. The summed E-state index contributed by atoms with van der Waals surface area (Å²) in [5.74, 6) is -1.22. The van der Waals surface area contributed by atoms with Gasteiger partial charge in [-0.2, -0.15) is 0 Å². The van der Waals surface area contributed by atoms with Gasteiger partial charge < -0.3 is 27.1 Å². The summed E-state index contributed by atoms with van der Waals surface area (Å²) in [6.07, 6.45) is 0.409. The van der Waals surface area contributed by atoms with Crippen molar-refractivity contribution in [1.82, 2.24) is 5.32 Å². The van der Waals surface area contributed by atoms with Gasteiger partial charge in [-0.15, -0.1) is 0 Å². The van der Waals surface area contributed by atoms with E-state index in [0.29, 0.717) is 6.42 Å². The smallest absolute Gasteiger partial charge is 0.326 e. The second-order valence-corrected chi connectivity index (χ2v) is 4.80. The molecular formula is C11H26N2O5. The second kappa shape index (κ2) is 9.81. The number of amides is 1. The Bertz CT molecular complexity index is 256. The van der Waals surface area contributed by atoms with Gasteiger partial charge in [0.1, 0.15) is 6.04 Å². The summed E-state index contributed by atoms with van der Waals surface area (Å²) in [5.41, 5.74) is 5.63. The van der Waals surface area contributed by atoms with Gasteiger partial charge in [-0.05, 0) is 18.3 Å². The van der Waals surface area contributed by atoms with Gasteiger partial charge >= 0.3 is 5.97 Å². The highest BCUT2D eigenvalue weighted by atomic mass is 16.4. The molecule has 0 aliphatic heterocycles. The Morgan fingerprint density at radius 1 is 1.17 bits per heavy atom. The largest absolute Gasteiger partial charge is 0.480 e. The summed E-state index contributed by atoms with van der Waals surface area (Å²) in [4.78, 5) is 22.5. The Morgan fingerprint density at radius 3 is 1.89 bits per heavy atom. The molecule has 1 amide bonds. The molecular weight excluding hydrogens is 240 g/mol. The molecule has 18 heavy (non-hydrogen) atoms. The molecule has 0 unspecified atom stereocenters. The molecule has 7 nitrogen and oxygen atoms in total. The van der Waals surface area contributed by atoms with E-state index in [-0.39, 0.29) is 22.8 Å². The average molecular weight is 266 g/mol. The van der Waals surface area contributed by atoms with Crippen LogP contribution in [0.5, 0.6) is 0 Å². The van der Waals surface area contributed by atoms with Crippen molar-refractivity contribution in [2.24, 2.45) is 17.6 Å². The van der Waals surface area contributed by atoms with E-state index in [1.165, 1.54) is 0 Å². The number of hydrogen-bond acceptors (Lipinski definition) is 3. The number of nitrogens with one attached hydrogen (secondary N) is 1. The zero-order valence-corrected chi connectivity index (χ0v) is 11.4. The lowest BCUT2D eigenvalue weighted by molar-refractivity contribution is -0.142. The van der Waals surface area contributed by atoms with E-state index in [4.69, 9.17) is 10.8 Å². The molecule has 0 rings (SSSR count). The molecule has 8 N–H and O–H groups in total. The Morgan fingerprint density at radius 2 is 1.61 bits per heavy atom. The van der Waals surface area contributed by atoms with Gasteiger partial charge in [0.25, 0.3) is 0 Å². The fourth-order valence-corrected chi connectivity index (χ4v) is 1.26. The zero-order chi connectivity index (χ0) is 12.9. The molecule has 7 heteroatoms. The third-order valence-corrected chi connectivity index (χ3v) is 2.34. The Balaban J connectivity index is -0.00000112. The summed E-state index contributed by atoms with van der Waals surface area (Å²) in [6, 6.07) is -1.51. The maximum absolute atomic E-state index is 11.6. The Labute approximate surface area is 107 Å². The standard InChI is InChI=1S/C11H22N2O3.2H2O/c1-6(2)5-8(11(15)16)13-10(14)9(12)7(3)4;;/h6-9H,5,12H2,1-4H3,(H,13,14)(H,15,16);2*1H2/t8-,9-;;/m0../s1. The molecule has 0 radical (unpaired) electrons. The molecule has 0 saturated carbocycles. The van der Waals surface area contributed by atoms with Crippen LogP contribution in [0.2, 0.25) is 0 Å². The van der Waals surface area contributed by atoms with Gasteiger partial charge in [0.05, 0.1) is 6.04 Å². The minimum Gasteiger partial charge on any atom is -0.480 e. The number of rotatable bonds is 6. The fourth-order valence-electron chi connectivity index (χ4n) is 1.26. The van der Waals surface area contributed by atoms with E-state index in [9.17, 15) is 9.59 Å². The topological polar surface area (TPSA) is 155 Å². The van der Waals surface area contributed by atoms with Crippen molar-refractivity contribution in [3.05, 3.63) is 0 Å². The predicted molar refractivity (Wildman–Crippen MR) is 69.1 cm³/mol. The third-order valence-electron chi connectivity index (χ3n) is 2.34. The number of nitrogens with two attached hydrogens (primary N) is 1. The number of aliphatic carboxylic acids is 1. The summed E-state index contributed by atoms with van der Waals surface area (Å²) >= 11 is 0. The van der Waals surface area contributed by atoms with Crippen molar-refractivity contribution in [2.75, 3.05) is 0 Å². The number of carbonyl (C=O) groups is 2. The zero-order valence-electron chi connectivity index (χ0n) is 11.4. The van der Waals surface area contributed by atoms with Crippen LogP contribution in [0.3, 0.4) is 0 Å². The molecule has 0 saturated heterocycles. The molecule has 0 aliphatic carbocycles. The van der Waals surface area contributed by atoms with Crippen LogP contribution in [-0.2, 0) is 9.59 Å². The molecule has 0 aromatic carbocycles. The number of hydrogen-bond donors (Lipinski definition) is 3. The van der Waals surface area contributed by atoms with Crippen molar-refractivity contribution in [1.29, 1.82) is 0 Å². The van der Waals surface area contributed by atoms with Crippen LogP contribution >= 0.6 is 0 Å². The summed E-state index contributed by atoms with van der Waals surface area (Å²) in [7, 11) is 0. The van der Waals surface area contributed by atoms with Crippen LogP contribution in [0.25, 0.3) is 0 Å². The van der Waals surface area contributed by atoms with Crippen molar-refractivity contribution >= 4 is 11.9 Å². The quantitative estimate of drug-likeness (QED) is 0.559. The van der Waals surface area contributed by atoms with Crippen LogP contribution in [-0.4, -0.2) is 40.0 Å². The van der Waals surface area contributed by atoms with E-state index < -0.39 is 24.0 Å². The summed E-state index contributed by atoms with van der Waals surface area (Å²) < 4.78 is 0. The predicted octanol–water partition coefficient (Wildman–Crippen LogP) is -1.06. The number of carbonyl (C=O) groups excluding carboxylic acids is 1. The second-order valence-electron chi connectivity index (χ2n) is 4.80. The first-order valence-electron chi connectivity index (χ1n) is 5.54. The van der Waals surface area contributed by atoms with Crippen molar-refractivity contribution in [2.45, 2.75) is 46.2 Å². The number of carboxylic acids is 1. The van der Waals surface area contributed by atoms with Gasteiger partial charge in [-0.1, -0.05) is 27.7 Å². The van der Waals surface area contributed by atoms with Crippen LogP contribution in [0.4, 0.5) is 0 Å². The minimum atomic E-state index is -1.02. The van der Waals surface area contributed by atoms with Crippen molar-refractivity contribution in [3.63, 3.8) is 0 Å². The number of carboxylic acid groups (broad SMARTS) is 1.